The van der Waals surface area contributed by atoms with Crippen LogP contribution in [0.5, 0.6) is 0 Å². The summed E-state index contributed by atoms with van der Waals surface area (Å²) in [7, 11) is -3.65. The molecule has 0 unspecified atom stereocenters. The molecule has 0 spiro atoms. The van der Waals surface area contributed by atoms with E-state index in [1.165, 1.54) is 12.1 Å². The third-order valence-corrected chi connectivity index (χ3v) is 4.36. The van der Waals surface area contributed by atoms with E-state index in [1.807, 2.05) is 0 Å². The second-order valence-electron chi connectivity index (χ2n) is 3.36. The Morgan fingerprint density at radius 2 is 2.06 bits per heavy atom. The molecule has 0 atom stereocenters. The molecule has 0 fully saturated rings. The van der Waals surface area contributed by atoms with Crippen LogP contribution in [0, 0.1) is 6.92 Å². The zero-order chi connectivity index (χ0) is 12.5. The highest BCUT2D eigenvalue weighted by molar-refractivity contribution is 9.10. The van der Waals surface area contributed by atoms with E-state index in [2.05, 4.69) is 25.8 Å². The summed E-state index contributed by atoms with van der Waals surface area (Å²) >= 11 is 3.19. The van der Waals surface area contributed by atoms with Crippen LogP contribution in [-0.4, -0.2) is 13.6 Å². The molecular formula is C10H9BrN2O3S. The minimum absolute atomic E-state index is 0.153. The molecule has 7 heteroatoms. The molecule has 0 bridgehead atoms. The maximum atomic E-state index is 12.0. The van der Waals surface area contributed by atoms with Crippen LogP contribution in [0.3, 0.4) is 0 Å². The molecule has 1 aromatic carbocycles. The van der Waals surface area contributed by atoms with E-state index >= 15 is 0 Å². The summed E-state index contributed by atoms with van der Waals surface area (Å²) in [5.41, 5.74) is 0. The van der Waals surface area contributed by atoms with Gasteiger partial charge in [0.05, 0.1) is 0 Å². The largest absolute Gasteiger partial charge is 0.360 e. The number of aryl methyl sites for hydroxylation is 1. The molecule has 1 heterocycles. The number of nitrogens with zero attached hydrogens (tertiary/aromatic N) is 1. The first-order valence-corrected chi connectivity index (χ1v) is 6.97. The van der Waals surface area contributed by atoms with Crippen LogP contribution in [0.1, 0.15) is 5.76 Å². The highest BCUT2D eigenvalue weighted by atomic mass is 79.9. The van der Waals surface area contributed by atoms with Gasteiger partial charge in [0.15, 0.2) is 5.82 Å². The lowest BCUT2D eigenvalue weighted by Crippen LogP contribution is -2.13. The fraction of sp³-hybridized carbons (Fsp3) is 0.100. The highest BCUT2D eigenvalue weighted by Gasteiger charge is 2.18. The van der Waals surface area contributed by atoms with Crippen molar-refractivity contribution in [2.75, 3.05) is 4.72 Å². The summed E-state index contributed by atoms with van der Waals surface area (Å²) in [6.45, 7) is 1.68. The van der Waals surface area contributed by atoms with Crippen LogP contribution >= 0.6 is 15.9 Å². The van der Waals surface area contributed by atoms with Crippen molar-refractivity contribution < 1.29 is 12.9 Å². The molecule has 0 saturated heterocycles. The highest BCUT2D eigenvalue weighted by Crippen LogP contribution is 2.23. The number of anilines is 1. The van der Waals surface area contributed by atoms with E-state index < -0.39 is 10.0 Å². The molecule has 1 N–H and O–H groups in total. The molecule has 0 aliphatic heterocycles. The van der Waals surface area contributed by atoms with E-state index in [-0.39, 0.29) is 10.7 Å². The Kier molecular flexibility index (Phi) is 3.21. The fourth-order valence-electron chi connectivity index (χ4n) is 1.27. The van der Waals surface area contributed by atoms with Gasteiger partial charge in [0, 0.05) is 10.5 Å². The zero-order valence-electron chi connectivity index (χ0n) is 8.84. The second-order valence-corrected chi connectivity index (χ2v) is 5.86. The Hall–Kier alpha value is -1.34. The molecule has 0 aliphatic carbocycles. The van der Waals surface area contributed by atoms with Crippen LogP contribution < -0.4 is 4.72 Å². The zero-order valence-corrected chi connectivity index (χ0v) is 11.2. The predicted molar refractivity (Wildman–Crippen MR) is 66.2 cm³/mol. The number of benzene rings is 1. The van der Waals surface area contributed by atoms with Crippen LogP contribution in [0.4, 0.5) is 5.82 Å². The van der Waals surface area contributed by atoms with Gasteiger partial charge in [-0.2, -0.15) is 0 Å². The van der Waals surface area contributed by atoms with Gasteiger partial charge in [-0.15, -0.1) is 0 Å². The van der Waals surface area contributed by atoms with Gasteiger partial charge in [-0.1, -0.05) is 17.3 Å². The van der Waals surface area contributed by atoms with E-state index in [0.717, 1.165) is 0 Å². The van der Waals surface area contributed by atoms with Crippen molar-refractivity contribution in [1.29, 1.82) is 0 Å². The lowest BCUT2D eigenvalue weighted by molar-refractivity contribution is 0.400. The first-order valence-electron chi connectivity index (χ1n) is 4.70. The van der Waals surface area contributed by atoms with Gasteiger partial charge < -0.3 is 4.52 Å². The smallest absolute Gasteiger partial charge is 0.264 e. The first-order chi connectivity index (χ1) is 7.99. The Morgan fingerprint density at radius 3 is 2.65 bits per heavy atom. The summed E-state index contributed by atoms with van der Waals surface area (Å²) in [5, 5.41) is 3.58. The number of sulfonamides is 1. The summed E-state index contributed by atoms with van der Waals surface area (Å²) in [5.74, 6) is 0.702. The monoisotopic (exact) mass is 316 g/mol. The van der Waals surface area contributed by atoms with Gasteiger partial charge in [0.2, 0.25) is 0 Å². The molecule has 90 valence electrons. The van der Waals surface area contributed by atoms with Crippen molar-refractivity contribution in [1.82, 2.24) is 5.16 Å². The number of rotatable bonds is 3. The Balaban J connectivity index is 2.35. The van der Waals surface area contributed by atoms with Crippen molar-refractivity contribution in [3.8, 4) is 0 Å². The first kappa shape index (κ1) is 12.1. The van der Waals surface area contributed by atoms with Gasteiger partial charge >= 0.3 is 0 Å². The van der Waals surface area contributed by atoms with E-state index in [1.54, 1.807) is 25.1 Å². The molecule has 1 aromatic heterocycles. The molecule has 5 nitrogen and oxygen atoms in total. The van der Waals surface area contributed by atoms with Crippen molar-refractivity contribution in [3.05, 3.63) is 40.6 Å². The molecule has 0 radical (unpaired) electrons. The minimum Gasteiger partial charge on any atom is -0.360 e. The van der Waals surface area contributed by atoms with Gasteiger partial charge in [-0.25, -0.2) is 8.42 Å². The molecule has 2 rings (SSSR count). The van der Waals surface area contributed by atoms with Crippen molar-refractivity contribution in [2.24, 2.45) is 0 Å². The van der Waals surface area contributed by atoms with Crippen molar-refractivity contribution in [2.45, 2.75) is 11.8 Å². The minimum atomic E-state index is -3.65. The molecule has 0 amide bonds. The molecule has 2 aromatic rings. The third kappa shape index (κ3) is 2.67. The Bertz CT molecular complexity index is 637. The van der Waals surface area contributed by atoms with Gasteiger partial charge in [0.25, 0.3) is 10.0 Å². The van der Waals surface area contributed by atoms with Gasteiger partial charge in [-0.05, 0) is 35.0 Å². The maximum Gasteiger partial charge on any atom is 0.264 e. The van der Waals surface area contributed by atoms with Crippen LogP contribution in [0.2, 0.25) is 0 Å². The number of nitrogens with one attached hydrogen (secondary N) is 1. The van der Waals surface area contributed by atoms with Gasteiger partial charge in [0.1, 0.15) is 10.7 Å². The summed E-state index contributed by atoms with van der Waals surface area (Å²) in [4.78, 5) is 0.153. The Labute approximate surface area is 107 Å². The average molecular weight is 317 g/mol. The lowest BCUT2D eigenvalue weighted by atomic mass is 10.4. The second kappa shape index (κ2) is 4.50. The summed E-state index contributed by atoms with van der Waals surface area (Å²) in [6.07, 6.45) is 0. The van der Waals surface area contributed by atoms with Crippen molar-refractivity contribution >= 4 is 31.8 Å². The number of hydrogen-bond acceptors (Lipinski definition) is 4. The van der Waals surface area contributed by atoms with E-state index in [9.17, 15) is 8.42 Å². The lowest BCUT2D eigenvalue weighted by Gasteiger charge is -2.06. The summed E-state index contributed by atoms with van der Waals surface area (Å²) in [6, 6.07) is 8.05. The predicted octanol–water partition coefficient (Wildman–Crippen LogP) is 2.55. The number of halogens is 1. The Morgan fingerprint density at radius 1 is 1.35 bits per heavy atom. The number of aromatic nitrogens is 1. The SMILES string of the molecule is Cc1cc(NS(=O)(=O)c2ccccc2Br)no1. The quantitative estimate of drug-likeness (QED) is 0.944. The normalized spacial score (nSPS) is 11.4. The van der Waals surface area contributed by atoms with E-state index in [0.29, 0.717) is 10.2 Å². The fourth-order valence-corrected chi connectivity index (χ4v) is 3.26. The molecule has 0 saturated carbocycles. The average Bonchev–Trinajstić information content (AvgIpc) is 2.63. The maximum absolute atomic E-state index is 12.0. The molecular weight excluding hydrogens is 308 g/mol. The number of hydrogen-bond donors (Lipinski definition) is 1. The molecule has 17 heavy (non-hydrogen) atoms. The topological polar surface area (TPSA) is 72.2 Å². The van der Waals surface area contributed by atoms with Crippen LogP contribution in [-0.2, 0) is 10.0 Å². The van der Waals surface area contributed by atoms with Crippen LogP contribution in [0.25, 0.3) is 0 Å². The van der Waals surface area contributed by atoms with Crippen molar-refractivity contribution in [3.63, 3.8) is 0 Å². The van der Waals surface area contributed by atoms with E-state index in [4.69, 9.17) is 4.52 Å². The van der Waals surface area contributed by atoms with Gasteiger partial charge in [-0.3, -0.25) is 4.72 Å². The van der Waals surface area contributed by atoms with Crippen LogP contribution in [0.15, 0.2) is 44.2 Å². The molecule has 0 aliphatic rings. The standard InChI is InChI=1S/C10H9BrN2O3S/c1-7-6-10(12-16-7)13-17(14,15)9-5-3-2-4-8(9)11/h2-6H,1H3,(H,12,13). The third-order valence-electron chi connectivity index (χ3n) is 1.99. The summed E-state index contributed by atoms with van der Waals surface area (Å²) < 4.78 is 31.6.